The molecular formula is C28H31F2N3O2. The number of nitrogens with zero attached hydrogens (tertiary/aromatic N) is 1. The van der Waals surface area contributed by atoms with Gasteiger partial charge in [0.1, 0.15) is 11.6 Å². The van der Waals surface area contributed by atoms with Crippen molar-refractivity contribution in [3.8, 4) is 11.3 Å². The van der Waals surface area contributed by atoms with Crippen molar-refractivity contribution in [2.24, 2.45) is 0 Å². The molecule has 4 rings (SSSR count). The summed E-state index contributed by atoms with van der Waals surface area (Å²) in [6, 6.07) is 13.0. The number of hydrogen-bond donors (Lipinski definition) is 3. The van der Waals surface area contributed by atoms with E-state index in [1.54, 1.807) is 0 Å². The SMILES string of the molecule is CC(=O)N[C@@H](Cc1cc(F)cc(F)c1)[C@@H](O)CNC1CCCc2ccc(-c3cc(C)ccn3)cc21. The summed E-state index contributed by atoms with van der Waals surface area (Å²) >= 11 is 0. The fourth-order valence-corrected chi connectivity index (χ4v) is 4.80. The molecule has 0 spiro atoms. The van der Waals surface area contributed by atoms with Gasteiger partial charge in [-0.25, -0.2) is 8.78 Å². The van der Waals surface area contributed by atoms with Crippen LogP contribution in [0.5, 0.6) is 0 Å². The standard InChI is InChI=1S/C28H31F2N3O2/c1-17-8-9-31-26(10-17)21-7-6-20-4-3-5-25(24(20)14-21)32-16-28(35)27(33-18(2)34)13-19-11-22(29)15-23(30)12-19/h6-12,14-15,25,27-28,32,35H,3-5,13,16H2,1-2H3,(H,33,34)/t25?,27-,28-/m0/s1. The van der Waals surface area contributed by atoms with Crippen LogP contribution in [-0.2, 0) is 17.6 Å². The maximum absolute atomic E-state index is 13.6. The lowest BCUT2D eigenvalue weighted by molar-refractivity contribution is -0.120. The molecule has 7 heteroatoms. The third-order valence-corrected chi connectivity index (χ3v) is 6.48. The van der Waals surface area contributed by atoms with Crippen LogP contribution in [0.3, 0.4) is 0 Å². The molecule has 0 bridgehead atoms. The minimum Gasteiger partial charge on any atom is -0.390 e. The second-order valence-electron chi connectivity index (χ2n) is 9.34. The van der Waals surface area contributed by atoms with Gasteiger partial charge in [0.2, 0.25) is 5.91 Å². The van der Waals surface area contributed by atoms with Crippen LogP contribution < -0.4 is 10.6 Å². The van der Waals surface area contributed by atoms with E-state index in [9.17, 15) is 18.7 Å². The number of fused-ring (bicyclic) bond motifs is 1. The smallest absolute Gasteiger partial charge is 0.217 e. The molecule has 0 saturated carbocycles. The highest BCUT2D eigenvalue weighted by molar-refractivity contribution is 5.73. The highest BCUT2D eigenvalue weighted by atomic mass is 19.1. The van der Waals surface area contributed by atoms with Crippen molar-refractivity contribution < 1.29 is 18.7 Å². The molecule has 3 aromatic rings. The van der Waals surface area contributed by atoms with Gasteiger partial charge in [-0.05, 0) is 85.2 Å². The number of carbonyl (C=O) groups is 1. The van der Waals surface area contributed by atoms with Gasteiger partial charge in [-0.2, -0.15) is 0 Å². The van der Waals surface area contributed by atoms with Gasteiger partial charge in [-0.1, -0.05) is 12.1 Å². The average Bonchev–Trinajstić information content (AvgIpc) is 2.81. The van der Waals surface area contributed by atoms with Gasteiger partial charge in [0.05, 0.1) is 17.8 Å². The summed E-state index contributed by atoms with van der Waals surface area (Å²) in [7, 11) is 0. The second-order valence-corrected chi connectivity index (χ2v) is 9.34. The molecule has 1 aliphatic carbocycles. The summed E-state index contributed by atoms with van der Waals surface area (Å²) in [6.45, 7) is 3.62. The monoisotopic (exact) mass is 479 g/mol. The van der Waals surface area contributed by atoms with Gasteiger partial charge in [-0.15, -0.1) is 0 Å². The molecule has 0 aliphatic heterocycles. The van der Waals surface area contributed by atoms with E-state index in [1.165, 1.54) is 30.2 Å². The zero-order valence-corrected chi connectivity index (χ0v) is 20.0. The first kappa shape index (κ1) is 24.9. The van der Waals surface area contributed by atoms with Crippen molar-refractivity contribution in [1.29, 1.82) is 0 Å². The van der Waals surface area contributed by atoms with Gasteiger partial charge in [0.15, 0.2) is 0 Å². The zero-order chi connectivity index (χ0) is 24.9. The number of aryl methyl sites for hydroxylation is 2. The summed E-state index contributed by atoms with van der Waals surface area (Å²) in [5.74, 6) is -1.69. The largest absolute Gasteiger partial charge is 0.390 e. The molecular weight excluding hydrogens is 448 g/mol. The van der Waals surface area contributed by atoms with Gasteiger partial charge >= 0.3 is 0 Å². The number of pyridine rings is 1. The van der Waals surface area contributed by atoms with Crippen molar-refractivity contribution >= 4 is 5.91 Å². The molecule has 184 valence electrons. The Bertz CT molecular complexity index is 1180. The van der Waals surface area contributed by atoms with Crippen LogP contribution in [0.2, 0.25) is 0 Å². The summed E-state index contributed by atoms with van der Waals surface area (Å²) in [5.41, 5.74) is 5.95. The van der Waals surface area contributed by atoms with Crippen LogP contribution in [0.15, 0.2) is 54.7 Å². The van der Waals surface area contributed by atoms with Crippen LogP contribution >= 0.6 is 0 Å². The first-order valence-electron chi connectivity index (χ1n) is 12.0. The van der Waals surface area contributed by atoms with Crippen molar-refractivity contribution in [2.75, 3.05) is 6.54 Å². The highest BCUT2D eigenvalue weighted by Gasteiger charge is 2.25. The molecule has 3 N–H and O–H groups in total. The molecule has 0 saturated heterocycles. The molecule has 1 aliphatic rings. The molecule has 2 aromatic carbocycles. The van der Waals surface area contributed by atoms with Crippen molar-refractivity contribution in [3.63, 3.8) is 0 Å². The van der Waals surface area contributed by atoms with Crippen LogP contribution in [-0.4, -0.2) is 34.7 Å². The summed E-state index contributed by atoms with van der Waals surface area (Å²) in [4.78, 5) is 16.3. The Labute approximate surface area is 204 Å². The minimum atomic E-state index is -0.947. The molecule has 0 radical (unpaired) electrons. The Morgan fingerprint density at radius 3 is 2.63 bits per heavy atom. The van der Waals surface area contributed by atoms with Gasteiger partial charge in [0, 0.05) is 37.3 Å². The lowest BCUT2D eigenvalue weighted by Crippen LogP contribution is -2.48. The number of benzene rings is 2. The van der Waals surface area contributed by atoms with Crippen LogP contribution in [0.1, 0.15) is 48.1 Å². The molecule has 0 fully saturated rings. The van der Waals surface area contributed by atoms with Crippen molar-refractivity contribution in [3.05, 3.63) is 88.6 Å². The quantitative estimate of drug-likeness (QED) is 0.448. The van der Waals surface area contributed by atoms with E-state index >= 15 is 0 Å². The number of carbonyl (C=O) groups excluding carboxylic acids is 1. The summed E-state index contributed by atoms with van der Waals surface area (Å²) in [6.07, 6.45) is 3.92. The van der Waals surface area contributed by atoms with Crippen LogP contribution in [0.4, 0.5) is 8.78 Å². The van der Waals surface area contributed by atoms with Crippen LogP contribution in [0.25, 0.3) is 11.3 Å². The first-order valence-corrected chi connectivity index (χ1v) is 12.0. The average molecular weight is 480 g/mol. The predicted molar refractivity (Wildman–Crippen MR) is 132 cm³/mol. The predicted octanol–water partition coefficient (Wildman–Crippen LogP) is 4.41. The van der Waals surface area contributed by atoms with E-state index in [2.05, 4.69) is 39.9 Å². The minimum absolute atomic E-state index is 0.0442. The number of rotatable bonds is 8. The summed E-state index contributed by atoms with van der Waals surface area (Å²) in [5, 5.41) is 17.1. The molecule has 1 aromatic heterocycles. The number of aliphatic hydroxyl groups is 1. The fraction of sp³-hybridized carbons (Fsp3) is 0.357. The normalized spacial score (nSPS) is 16.9. The second kappa shape index (κ2) is 11.1. The Morgan fingerprint density at radius 1 is 1.14 bits per heavy atom. The maximum atomic E-state index is 13.6. The molecule has 3 atom stereocenters. The molecule has 35 heavy (non-hydrogen) atoms. The number of aromatic nitrogens is 1. The Kier molecular flexibility index (Phi) is 7.88. The topological polar surface area (TPSA) is 74.2 Å². The third-order valence-electron chi connectivity index (χ3n) is 6.48. The molecule has 5 nitrogen and oxygen atoms in total. The van der Waals surface area contributed by atoms with Crippen molar-refractivity contribution in [1.82, 2.24) is 15.6 Å². The van der Waals surface area contributed by atoms with E-state index < -0.39 is 23.8 Å². The van der Waals surface area contributed by atoms with E-state index in [0.29, 0.717) is 5.56 Å². The summed E-state index contributed by atoms with van der Waals surface area (Å²) < 4.78 is 27.3. The Hall–Kier alpha value is -3.16. The number of amides is 1. The lowest BCUT2D eigenvalue weighted by Gasteiger charge is -2.30. The van der Waals surface area contributed by atoms with Gasteiger partial charge in [-0.3, -0.25) is 9.78 Å². The van der Waals surface area contributed by atoms with E-state index in [1.807, 2.05) is 19.2 Å². The molecule has 1 heterocycles. The van der Waals surface area contributed by atoms with Crippen LogP contribution in [0, 0.1) is 18.6 Å². The number of aliphatic hydroxyl groups excluding tert-OH is 1. The van der Waals surface area contributed by atoms with Gasteiger partial charge in [0.25, 0.3) is 0 Å². The Morgan fingerprint density at radius 2 is 1.91 bits per heavy atom. The zero-order valence-electron chi connectivity index (χ0n) is 20.0. The van der Waals surface area contributed by atoms with E-state index in [-0.39, 0.29) is 24.9 Å². The van der Waals surface area contributed by atoms with Crippen molar-refractivity contribution in [2.45, 2.75) is 57.7 Å². The Balaban J connectivity index is 1.49. The first-order chi connectivity index (χ1) is 16.8. The van der Waals surface area contributed by atoms with E-state index in [4.69, 9.17) is 0 Å². The fourth-order valence-electron chi connectivity index (χ4n) is 4.80. The molecule has 1 unspecified atom stereocenters. The maximum Gasteiger partial charge on any atom is 0.217 e. The molecule has 1 amide bonds. The lowest BCUT2D eigenvalue weighted by atomic mass is 9.86. The number of halogens is 2. The highest BCUT2D eigenvalue weighted by Crippen LogP contribution is 2.33. The third kappa shape index (κ3) is 6.50. The number of hydrogen-bond acceptors (Lipinski definition) is 4. The van der Waals surface area contributed by atoms with E-state index in [0.717, 1.165) is 42.1 Å². The number of nitrogens with one attached hydrogen (secondary N) is 2. The van der Waals surface area contributed by atoms with Gasteiger partial charge < -0.3 is 15.7 Å².